The van der Waals surface area contributed by atoms with Crippen molar-refractivity contribution in [1.82, 2.24) is 15.5 Å². The van der Waals surface area contributed by atoms with Crippen LogP contribution in [0.4, 0.5) is 13.2 Å². The molecule has 0 bridgehead atoms. The van der Waals surface area contributed by atoms with Crippen LogP contribution >= 0.6 is 0 Å². The highest BCUT2D eigenvalue weighted by Crippen LogP contribution is 2.48. The topological polar surface area (TPSA) is 44.4 Å². The largest absolute Gasteiger partial charge is 0.411 e. The Morgan fingerprint density at radius 2 is 1.88 bits per heavy atom. The first-order valence-electron chi connectivity index (χ1n) is 5.74. The molecule has 0 atom stereocenters. The highest BCUT2D eigenvalue weighted by Gasteiger charge is 2.64. The smallest absolute Gasteiger partial charge is 0.341 e. The van der Waals surface area contributed by atoms with Gasteiger partial charge in [0.05, 0.1) is 6.54 Å². The van der Waals surface area contributed by atoms with Gasteiger partial charge >= 0.3 is 6.18 Å². The van der Waals surface area contributed by atoms with Crippen LogP contribution in [0.1, 0.15) is 12.8 Å². The molecule has 2 aliphatic rings. The lowest BCUT2D eigenvalue weighted by Crippen LogP contribution is -2.53. The Balaban J connectivity index is 1.81. The zero-order valence-electron chi connectivity index (χ0n) is 9.44. The third-order valence-electron chi connectivity index (χ3n) is 3.25. The van der Waals surface area contributed by atoms with E-state index in [9.17, 15) is 18.0 Å². The summed E-state index contributed by atoms with van der Waals surface area (Å²) in [6, 6.07) is 0. The fourth-order valence-corrected chi connectivity index (χ4v) is 1.98. The molecule has 1 aliphatic carbocycles. The summed E-state index contributed by atoms with van der Waals surface area (Å²) in [5.41, 5.74) is -1.93. The maximum Gasteiger partial charge on any atom is 0.411 e. The molecular formula is C10H16F3N3O. The van der Waals surface area contributed by atoms with Gasteiger partial charge in [0, 0.05) is 26.2 Å². The summed E-state index contributed by atoms with van der Waals surface area (Å²) in [5, 5.41) is 5.25. The Kier molecular flexibility index (Phi) is 3.31. The van der Waals surface area contributed by atoms with E-state index in [1.807, 2.05) is 4.90 Å². The van der Waals surface area contributed by atoms with E-state index in [0.29, 0.717) is 13.1 Å². The first-order chi connectivity index (χ1) is 7.93. The van der Waals surface area contributed by atoms with E-state index in [1.54, 1.807) is 0 Å². The van der Waals surface area contributed by atoms with Gasteiger partial charge < -0.3 is 10.6 Å². The number of carbonyl (C=O) groups is 1. The van der Waals surface area contributed by atoms with Crippen LogP contribution in [-0.2, 0) is 4.79 Å². The van der Waals surface area contributed by atoms with Gasteiger partial charge in [-0.25, -0.2) is 0 Å². The molecule has 17 heavy (non-hydrogen) atoms. The van der Waals surface area contributed by atoms with Gasteiger partial charge in [-0.15, -0.1) is 0 Å². The predicted octanol–water partition coefficient (Wildman–Crippen LogP) is 0.103. The van der Waals surface area contributed by atoms with Crippen LogP contribution < -0.4 is 10.6 Å². The standard InChI is InChI=1S/C10H16F3N3O/c11-10(12,13)9(1-2-9)15-8(17)7-16-5-3-14-4-6-16/h14H,1-7H2,(H,15,17). The lowest BCUT2D eigenvalue weighted by molar-refractivity contribution is -0.170. The van der Waals surface area contributed by atoms with E-state index < -0.39 is 17.6 Å². The Bertz CT molecular complexity index is 296. The predicted molar refractivity (Wildman–Crippen MR) is 55.5 cm³/mol. The lowest BCUT2D eigenvalue weighted by Gasteiger charge is -2.28. The first-order valence-corrected chi connectivity index (χ1v) is 5.74. The molecule has 0 aromatic carbocycles. The van der Waals surface area contributed by atoms with Crippen molar-refractivity contribution >= 4 is 5.91 Å². The van der Waals surface area contributed by atoms with E-state index in [-0.39, 0.29) is 19.4 Å². The summed E-state index contributed by atoms with van der Waals surface area (Å²) in [6.07, 6.45) is -4.32. The normalized spacial score (nSPS) is 24.4. The van der Waals surface area contributed by atoms with E-state index in [4.69, 9.17) is 0 Å². The van der Waals surface area contributed by atoms with Crippen LogP contribution in [0.25, 0.3) is 0 Å². The maximum absolute atomic E-state index is 12.6. The zero-order chi connectivity index (χ0) is 12.5. The summed E-state index contributed by atoms with van der Waals surface area (Å²) in [7, 11) is 0. The highest BCUT2D eigenvalue weighted by molar-refractivity contribution is 5.79. The molecule has 0 unspecified atom stereocenters. The summed E-state index contributed by atoms with van der Waals surface area (Å²) in [6.45, 7) is 3.01. The minimum absolute atomic E-state index is 0.00377. The van der Waals surface area contributed by atoms with Crippen molar-refractivity contribution < 1.29 is 18.0 Å². The van der Waals surface area contributed by atoms with Crippen LogP contribution in [0.15, 0.2) is 0 Å². The molecule has 7 heteroatoms. The van der Waals surface area contributed by atoms with Gasteiger partial charge in [-0.3, -0.25) is 9.69 Å². The molecule has 0 aromatic rings. The number of nitrogens with one attached hydrogen (secondary N) is 2. The van der Waals surface area contributed by atoms with Crippen LogP contribution in [0.3, 0.4) is 0 Å². The van der Waals surface area contributed by atoms with Gasteiger partial charge in [0.25, 0.3) is 0 Å². The fourth-order valence-electron chi connectivity index (χ4n) is 1.98. The number of nitrogens with zero attached hydrogens (tertiary/aromatic N) is 1. The molecule has 1 heterocycles. The quantitative estimate of drug-likeness (QED) is 0.748. The van der Waals surface area contributed by atoms with Crippen LogP contribution in [-0.4, -0.2) is 55.2 Å². The van der Waals surface area contributed by atoms with Crippen molar-refractivity contribution in [3.8, 4) is 0 Å². The molecule has 0 spiro atoms. The van der Waals surface area contributed by atoms with Crippen molar-refractivity contribution in [3.63, 3.8) is 0 Å². The number of alkyl halides is 3. The van der Waals surface area contributed by atoms with Crippen molar-refractivity contribution in [2.24, 2.45) is 0 Å². The molecular weight excluding hydrogens is 235 g/mol. The van der Waals surface area contributed by atoms with Crippen molar-refractivity contribution in [3.05, 3.63) is 0 Å². The molecule has 1 amide bonds. The number of rotatable bonds is 3. The van der Waals surface area contributed by atoms with E-state index in [1.165, 1.54) is 0 Å². The monoisotopic (exact) mass is 251 g/mol. The average Bonchev–Trinajstić information content (AvgIpc) is 2.99. The molecule has 2 N–H and O–H groups in total. The lowest BCUT2D eigenvalue weighted by atomic mass is 10.2. The summed E-state index contributed by atoms with van der Waals surface area (Å²) < 4.78 is 37.8. The first kappa shape index (κ1) is 12.6. The van der Waals surface area contributed by atoms with Crippen molar-refractivity contribution in [1.29, 1.82) is 0 Å². The fraction of sp³-hybridized carbons (Fsp3) is 0.900. The Labute approximate surface area is 97.5 Å². The summed E-state index contributed by atoms with van der Waals surface area (Å²) >= 11 is 0. The molecule has 0 radical (unpaired) electrons. The molecule has 1 aliphatic heterocycles. The van der Waals surface area contributed by atoms with E-state index in [2.05, 4.69) is 10.6 Å². The van der Waals surface area contributed by atoms with Crippen LogP contribution in [0.2, 0.25) is 0 Å². The highest BCUT2D eigenvalue weighted by atomic mass is 19.4. The Morgan fingerprint density at radius 3 is 2.35 bits per heavy atom. The number of hydrogen-bond acceptors (Lipinski definition) is 3. The van der Waals surface area contributed by atoms with Gasteiger partial charge in [-0.2, -0.15) is 13.2 Å². The Hall–Kier alpha value is -0.820. The van der Waals surface area contributed by atoms with Gasteiger partial charge in [-0.1, -0.05) is 0 Å². The van der Waals surface area contributed by atoms with Gasteiger partial charge in [0.15, 0.2) is 0 Å². The number of carbonyl (C=O) groups excluding carboxylic acids is 1. The van der Waals surface area contributed by atoms with Gasteiger partial charge in [0.1, 0.15) is 5.54 Å². The molecule has 0 aromatic heterocycles. The SMILES string of the molecule is O=C(CN1CCNCC1)NC1(C(F)(F)F)CC1. The zero-order valence-corrected chi connectivity index (χ0v) is 9.44. The summed E-state index contributed by atoms with van der Waals surface area (Å²) in [4.78, 5) is 13.4. The van der Waals surface area contributed by atoms with Crippen LogP contribution in [0, 0.1) is 0 Å². The maximum atomic E-state index is 12.6. The third-order valence-corrected chi connectivity index (χ3v) is 3.25. The number of hydrogen-bond donors (Lipinski definition) is 2. The molecule has 2 fully saturated rings. The number of piperazine rings is 1. The minimum atomic E-state index is -4.33. The second-order valence-corrected chi connectivity index (χ2v) is 4.65. The molecule has 4 nitrogen and oxygen atoms in total. The van der Waals surface area contributed by atoms with Crippen LogP contribution in [0.5, 0.6) is 0 Å². The van der Waals surface area contributed by atoms with E-state index >= 15 is 0 Å². The molecule has 98 valence electrons. The average molecular weight is 251 g/mol. The van der Waals surface area contributed by atoms with Gasteiger partial charge in [-0.05, 0) is 12.8 Å². The molecule has 1 saturated heterocycles. The van der Waals surface area contributed by atoms with Crippen molar-refractivity contribution in [2.75, 3.05) is 32.7 Å². The summed E-state index contributed by atoms with van der Waals surface area (Å²) in [5.74, 6) is -0.526. The second kappa shape index (κ2) is 4.45. The number of halogens is 3. The van der Waals surface area contributed by atoms with Gasteiger partial charge in [0.2, 0.25) is 5.91 Å². The second-order valence-electron chi connectivity index (χ2n) is 4.65. The van der Waals surface area contributed by atoms with E-state index in [0.717, 1.165) is 13.1 Å². The molecule has 2 rings (SSSR count). The minimum Gasteiger partial charge on any atom is -0.341 e. The van der Waals surface area contributed by atoms with Crippen molar-refractivity contribution in [2.45, 2.75) is 24.6 Å². The number of amides is 1. The Morgan fingerprint density at radius 1 is 1.29 bits per heavy atom. The molecule has 1 saturated carbocycles. The third kappa shape index (κ3) is 2.90.